The summed E-state index contributed by atoms with van der Waals surface area (Å²) in [6.45, 7) is 2.73. The maximum absolute atomic E-state index is 12.6. The molecule has 0 aliphatic carbocycles. The molecule has 0 N–H and O–H groups in total. The summed E-state index contributed by atoms with van der Waals surface area (Å²) in [5.41, 5.74) is 1.59. The molecule has 106 valence electrons. The van der Waals surface area contributed by atoms with Gasteiger partial charge < -0.3 is 4.74 Å². The van der Waals surface area contributed by atoms with Crippen LogP contribution >= 0.6 is 11.6 Å². The number of rotatable bonds is 4. The van der Waals surface area contributed by atoms with Crippen molar-refractivity contribution in [1.82, 2.24) is 4.31 Å². The molecule has 0 radical (unpaired) electrons. The predicted octanol–water partition coefficient (Wildman–Crippen LogP) is 2.14. The van der Waals surface area contributed by atoms with Crippen molar-refractivity contribution in [2.45, 2.75) is 30.2 Å². The average Bonchev–Trinajstić information content (AvgIpc) is 2.88. The summed E-state index contributed by atoms with van der Waals surface area (Å²) in [7, 11) is -1.84. The van der Waals surface area contributed by atoms with Crippen LogP contribution in [0.4, 0.5) is 0 Å². The first-order valence-electron chi connectivity index (χ1n) is 6.18. The van der Waals surface area contributed by atoms with E-state index in [0.717, 1.165) is 17.5 Å². The van der Waals surface area contributed by atoms with Gasteiger partial charge in [0.2, 0.25) is 10.0 Å². The molecule has 1 aliphatic rings. The fourth-order valence-corrected chi connectivity index (χ4v) is 4.38. The minimum atomic E-state index is -3.45. The lowest BCUT2D eigenvalue weighted by Crippen LogP contribution is -2.30. The van der Waals surface area contributed by atoms with E-state index < -0.39 is 10.0 Å². The van der Waals surface area contributed by atoms with E-state index in [1.54, 1.807) is 26.2 Å². The Morgan fingerprint density at radius 3 is 2.79 bits per heavy atom. The number of alkyl halides is 1. The number of methoxy groups -OCH3 is 1. The van der Waals surface area contributed by atoms with Gasteiger partial charge in [-0.3, -0.25) is 0 Å². The summed E-state index contributed by atoms with van der Waals surface area (Å²) in [4.78, 5) is 0.349. The molecule has 0 amide bonds. The molecule has 4 nitrogen and oxygen atoms in total. The molecule has 1 aliphatic heterocycles. The van der Waals surface area contributed by atoms with Crippen LogP contribution in [0.2, 0.25) is 0 Å². The molecule has 2 rings (SSSR count). The lowest BCUT2D eigenvalue weighted by Gasteiger charge is -2.18. The van der Waals surface area contributed by atoms with Gasteiger partial charge in [0.15, 0.2) is 0 Å². The molecule has 0 saturated carbocycles. The van der Waals surface area contributed by atoms with Crippen LogP contribution in [0.5, 0.6) is 0 Å². The van der Waals surface area contributed by atoms with Gasteiger partial charge in [0.1, 0.15) is 0 Å². The van der Waals surface area contributed by atoms with Gasteiger partial charge in [-0.25, -0.2) is 8.42 Å². The van der Waals surface area contributed by atoms with Crippen molar-refractivity contribution in [3.8, 4) is 0 Å². The number of halogens is 1. The minimum absolute atomic E-state index is 0.00806. The van der Waals surface area contributed by atoms with Crippen LogP contribution in [0.25, 0.3) is 0 Å². The SMILES string of the molecule is COC1CCN(S(=O)(=O)c2cccc(CCl)c2C)C1. The molecule has 1 atom stereocenters. The highest BCUT2D eigenvalue weighted by Gasteiger charge is 2.33. The number of benzene rings is 1. The fraction of sp³-hybridized carbons (Fsp3) is 0.538. The Bertz CT molecular complexity index is 559. The second-order valence-electron chi connectivity index (χ2n) is 4.68. The molecule has 1 unspecified atom stereocenters. The van der Waals surface area contributed by atoms with E-state index in [1.807, 2.05) is 6.07 Å². The van der Waals surface area contributed by atoms with Crippen LogP contribution in [-0.2, 0) is 20.6 Å². The summed E-state index contributed by atoms with van der Waals surface area (Å²) in [6.07, 6.45) is 0.732. The van der Waals surface area contributed by atoms with Crippen molar-refractivity contribution in [3.05, 3.63) is 29.3 Å². The van der Waals surface area contributed by atoms with E-state index in [0.29, 0.717) is 23.9 Å². The monoisotopic (exact) mass is 303 g/mol. The zero-order valence-electron chi connectivity index (χ0n) is 11.1. The predicted molar refractivity (Wildman–Crippen MR) is 74.9 cm³/mol. The quantitative estimate of drug-likeness (QED) is 0.801. The van der Waals surface area contributed by atoms with Gasteiger partial charge in [-0.15, -0.1) is 11.6 Å². The van der Waals surface area contributed by atoms with E-state index in [1.165, 1.54) is 4.31 Å². The number of ether oxygens (including phenoxy) is 1. The standard InChI is InChI=1S/C13H18ClNO3S/c1-10-11(8-14)4-3-5-13(10)19(16,17)15-7-6-12(9-15)18-2/h3-5,12H,6-9H2,1-2H3. The topological polar surface area (TPSA) is 46.6 Å². The van der Waals surface area contributed by atoms with Crippen LogP contribution in [0.1, 0.15) is 17.5 Å². The van der Waals surface area contributed by atoms with E-state index in [2.05, 4.69) is 0 Å². The average molecular weight is 304 g/mol. The molecular weight excluding hydrogens is 286 g/mol. The number of hydrogen-bond acceptors (Lipinski definition) is 3. The van der Waals surface area contributed by atoms with Gasteiger partial charge in [0.25, 0.3) is 0 Å². The van der Waals surface area contributed by atoms with Crippen molar-refractivity contribution in [2.75, 3.05) is 20.2 Å². The van der Waals surface area contributed by atoms with Crippen LogP contribution in [0.15, 0.2) is 23.1 Å². The van der Waals surface area contributed by atoms with Crippen LogP contribution in [0.3, 0.4) is 0 Å². The maximum Gasteiger partial charge on any atom is 0.243 e. The van der Waals surface area contributed by atoms with Crippen LogP contribution < -0.4 is 0 Å². The minimum Gasteiger partial charge on any atom is -0.380 e. The maximum atomic E-state index is 12.6. The van der Waals surface area contributed by atoms with Gasteiger partial charge in [-0.05, 0) is 30.5 Å². The van der Waals surface area contributed by atoms with Crippen LogP contribution in [-0.4, -0.2) is 39.0 Å². The molecule has 1 saturated heterocycles. The van der Waals surface area contributed by atoms with Crippen molar-refractivity contribution in [3.63, 3.8) is 0 Å². The van der Waals surface area contributed by atoms with E-state index in [9.17, 15) is 8.42 Å². The summed E-state index contributed by atoms with van der Waals surface area (Å²) in [6, 6.07) is 5.23. The lowest BCUT2D eigenvalue weighted by atomic mass is 10.1. The Labute approximate surface area is 119 Å². The second kappa shape index (κ2) is 5.79. The van der Waals surface area contributed by atoms with Gasteiger partial charge >= 0.3 is 0 Å². The van der Waals surface area contributed by atoms with Crippen molar-refractivity contribution < 1.29 is 13.2 Å². The Balaban J connectivity index is 2.35. The van der Waals surface area contributed by atoms with E-state index in [-0.39, 0.29) is 6.10 Å². The van der Waals surface area contributed by atoms with Crippen molar-refractivity contribution in [2.24, 2.45) is 0 Å². The summed E-state index contributed by atoms with van der Waals surface area (Å²) < 4.78 is 31.9. The third-order valence-corrected chi connectivity index (χ3v) is 5.90. The molecule has 19 heavy (non-hydrogen) atoms. The molecule has 0 aromatic heterocycles. The number of hydrogen-bond donors (Lipinski definition) is 0. The Kier molecular flexibility index (Phi) is 4.50. The smallest absolute Gasteiger partial charge is 0.243 e. The zero-order chi connectivity index (χ0) is 14.0. The first-order chi connectivity index (χ1) is 9.00. The molecule has 0 bridgehead atoms. The first kappa shape index (κ1) is 14.8. The third-order valence-electron chi connectivity index (χ3n) is 3.60. The van der Waals surface area contributed by atoms with Crippen molar-refractivity contribution >= 4 is 21.6 Å². The highest BCUT2D eigenvalue weighted by Crippen LogP contribution is 2.26. The highest BCUT2D eigenvalue weighted by atomic mass is 35.5. The van der Waals surface area contributed by atoms with Crippen molar-refractivity contribution in [1.29, 1.82) is 0 Å². The normalized spacial score (nSPS) is 20.9. The second-order valence-corrected chi connectivity index (χ2v) is 6.86. The lowest BCUT2D eigenvalue weighted by molar-refractivity contribution is 0.115. The Morgan fingerprint density at radius 1 is 1.47 bits per heavy atom. The molecule has 0 spiro atoms. The fourth-order valence-electron chi connectivity index (χ4n) is 2.33. The van der Waals surface area contributed by atoms with Gasteiger partial charge in [0.05, 0.1) is 11.0 Å². The number of sulfonamides is 1. The molecular formula is C13H18ClNO3S. The third kappa shape index (κ3) is 2.79. The molecule has 1 aromatic carbocycles. The largest absolute Gasteiger partial charge is 0.380 e. The van der Waals surface area contributed by atoms with E-state index in [4.69, 9.17) is 16.3 Å². The highest BCUT2D eigenvalue weighted by molar-refractivity contribution is 7.89. The molecule has 1 heterocycles. The van der Waals surface area contributed by atoms with Crippen LogP contribution in [0, 0.1) is 6.92 Å². The van der Waals surface area contributed by atoms with Gasteiger partial charge in [-0.1, -0.05) is 12.1 Å². The summed E-state index contributed by atoms with van der Waals surface area (Å²) in [5.74, 6) is 0.315. The Hall–Kier alpha value is -0.620. The summed E-state index contributed by atoms with van der Waals surface area (Å²) in [5, 5.41) is 0. The Morgan fingerprint density at radius 2 is 2.21 bits per heavy atom. The van der Waals surface area contributed by atoms with Gasteiger partial charge in [-0.2, -0.15) is 4.31 Å². The molecule has 1 fully saturated rings. The number of nitrogens with zero attached hydrogens (tertiary/aromatic N) is 1. The summed E-state index contributed by atoms with van der Waals surface area (Å²) >= 11 is 5.83. The molecule has 6 heteroatoms. The first-order valence-corrected chi connectivity index (χ1v) is 8.15. The zero-order valence-corrected chi connectivity index (χ0v) is 12.7. The van der Waals surface area contributed by atoms with E-state index >= 15 is 0 Å². The molecule has 1 aromatic rings. The van der Waals surface area contributed by atoms with Gasteiger partial charge in [0, 0.05) is 26.1 Å².